The third-order valence-electron chi connectivity index (χ3n) is 3.55. The molecule has 0 aliphatic carbocycles. The largest absolute Gasteiger partial charge is 0.408 e. The van der Waals surface area contributed by atoms with Gasteiger partial charge in [-0.25, -0.2) is 0 Å². The van der Waals surface area contributed by atoms with Crippen LogP contribution in [0.15, 0.2) is 36.5 Å². The smallest absolute Gasteiger partial charge is 0.363 e. The quantitative estimate of drug-likeness (QED) is 0.942. The van der Waals surface area contributed by atoms with Gasteiger partial charge in [0.1, 0.15) is 6.54 Å². The Morgan fingerprint density at radius 3 is 2.78 bits per heavy atom. The van der Waals surface area contributed by atoms with E-state index in [4.69, 9.17) is 0 Å². The number of amides is 1. The van der Waals surface area contributed by atoms with Crippen molar-refractivity contribution in [3.63, 3.8) is 0 Å². The van der Waals surface area contributed by atoms with Crippen molar-refractivity contribution >= 4 is 11.6 Å². The maximum absolute atomic E-state index is 12.4. The van der Waals surface area contributed by atoms with Gasteiger partial charge in [0, 0.05) is 25.0 Å². The maximum Gasteiger partial charge on any atom is 0.408 e. The first-order chi connectivity index (χ1) is 10.9. The minimum Gasteiger partial charge on any atom is -0.363 e. The van der Waals surface area contributed by atoms with Crippen LogP contribution in [0.25, 0.3) is 0 Å². The second-order valence-corrected chi connectivity index (χ2v) is 5.31. The van der Waals surface area contributed by atoms with Crippen LogP contribution in [-0.2, 0) is 13.1 Å². The molecular formula is C15H15F3N4O. The number of para-hydroxylation sites is 1. The van der Waals surface area contributed by atoms with Crippen LogP contribution in [0.4, 0.5) is 18.9 Å². The van der Waals surface area contributed by atoms with Crippen molar-refractivity contribution in [1.29, 1.82) is 0 Å². The lowest BCUT2D eigenvalue weighted by atomic mass is 10.1. The van der Waals surface area contributed by atoms with Gasteiger partial charge in [-0.2, -0.15) is 18.3 Å². The zero-order chi connectivity index (χ0) is 16.4. The molecule has 0 radical (unpaired) electrons. The second-order valence-electron chi connectivity index (χ2n) is 5.31. The lowest BCUT2D eigenvalue weighted by Gasteiger charge is -2.22. The van der Waals surface area contributed by atoms with Crippen LogP contribution in [0.5, 0.6) is 0 Å². The number of rotatable bonds is 3. The molecule has 122 valence electrons. The third kappa shape index (κ3) is 3.64. The van der Waals surface area contributed by atoms with E-state index >= 15 is 0 Å². The number of anilines is 1. The Morgan fingerprint density at radius 2 is 2.00 bits per heavy atom. The van der Waals surface area contributed by atoms with Crippen LogP contribution < -0.4 is 10.2 Å². The van der Waals surface area contributed by atoms with Crippen LogP contribution in [-0.4, -0.2) is 35.0 Å². The summed E-state index contributed by atoms with van der Waals surface area (Å²) in [7, 11) is 0. The van der Waals surface area contributed by atoms with Crippen LogP contribution in [0, 0.1) is 0 Å². The highest BCUT2D eigenvalue weighted by Crippen LogP contribution is 2.24. The van der Waals surface area contributed by atoms with Gasteiger partial charge >= 0.3 is 6.18 Å². The van der Waals surface area contributed by atoms with E-state index < -0.39 is 12.7 Å². The molecule has 2 heterocycles. The SMILES string of the molecule is O=C1NCCN(Cc2ccn(CC(F)(F)F)n2)c2ccccc21. The zero-order valence-electron chi connectivity index (χ0n) is 12.2. The molecule has 0 saturated heterocycles. The van der Waals surface area contributed by atoms with Crippen LogP contribution in [0.2, 0.25) is 0 Å². The number of carbonyl (C=O) groups excluding carboxylic acids is 1. The average Bonchev–Trinajstić information content (AvgIpc) is 2.84. The first kappa shape index (κ1) is 15.4. The lowest BCUT2D eigenvalue weighted by molar-refractivity contribution is -0.142. The minimum atomic E-state index is -4.30. The molecule has 3 rings (SSSR count). The number of hydrogen-bond donors (Lipinski definition) is 1. The molecule has 1 aromatic heterocycles. The number of fused-ring (bicyclic) bond motifs is 1. The van der Waals surface area contributed by atoms with E-state index in [9.17, 15) is 18.0 Å². The summed E-state index contributed by atoms with van der Waals surface area (Å²) < 4.78 is 38.0. The number of carbonyl (C=O) groups is 1. The van der Waals surface area contributed by atoms with E-state index in [0.29, 0.717) is 30.9 Å². The van der Waals surface area contributed by atoms with E-state index in [-0.39, 0.29) is 5.91 Å². The number of halogens is 3. The highest BCUT2D eigenvalue weighted by Gasteiger charge is 2.28. The van der Waals surface area contributed by atoms with Crippen molar-refractivity contribution in [3.8, 4) is 0 Å². The first-order valence-electron chi connectivity index (χ1n) is 7.14. The van der Waals surface area contributed by atoms with Crippen molar-refractivity contribution < 1.29 is 18.0 Å². The van der Waals surface area contributed by atoms with Crippen molar-refractivity contribution in [2.45, 2.75) is 19.3 Å². The number of alkyl halides is 3. The summed E-state index contributed by atoms with van der Waals surface area (Å²) in [4.78, 5) is 13.9. The molecule has 0 saturated carbocycles. The minimum absolute atomic E-state index is 0.147. The maximum atomic E-state index is 12.4. The normalized spacial score (nSPS) is 15.1. The Bertz CT molecular complexity index is 711. The molecular weight excluding hydrogens is 309 g/mol. The molecule has 1 amide bonds. The van der Waals surface area contributed by atoms with Crippen LogP contribution >= 0.6 is 0 Å². The van der Waals surface area contributed by atoms with E-state index in [1.165, 1.54) is 6.20 Å². The zero-order valence-corrected chi connectivity index (χ0v) is 12.2. The Morgan fingerprint density at radius 1 is 1.22 bits per heavy atom. The summed E-state index contributed by atoms with van der Waals surface area (Å²) in [5, 5.41) is 6.76. The molecule has 8 heteroatoms. The van der Waals surface area contributed by atoms with Gasteiger partial charge in [-0.15, -0.1) is 0 Å². The Kier molecular flexibility index (Phi) is 3.97. The van der Waals surface area contributed by atoms with E-state index in [1.807, 2.05) is 17.0 Å². The van der Waals surface area contributed by atoms with Gasteiger partial charge in [0.25, 0.3) is 5.91 Å². The van der Waals surface area contributed by atoms with Gasteiger partial charge in [0.05, 0.1) is 17.8 Å². The summed E-state index contributed by atoms with van der Waals surface area (Å²) in [6.45, 7) is 0.270. The molecule has 1 aliphatic heterocycles. The molecule has 1 aliphatic rings. The highest BCUT2D eigenvalue weighted by molar-refractivity contribution is 6.00. The van der Waals surface area contributed by atoms with Crippen molar-refractivity contribution in [2.24, 2.45) is 0 Å². The van der Waals surface area contributed by atoms with Crippen molar-refractivity contribution in [3.05, 3.63) is 47.8 Å². The number of aromatic nitrogens is 2. The van der Waals surface area contributed by atoms with Gasteiger partial charge in [-0.05, 0) is 18.2 Å². The summed E-state index contributed by atoms with van der Waals surface area (Å²) in [5.41, 5.74) is 1.84. The summed E-state index contributed by atoms with van der Waals surface area (Å²) in [5.74, 6) is -0.147. The average molecular weight is 324 g/mol. The fourth-order valence-electron chi connectivity index (χ4n) is 2.58. The Labute approximate surface area is 130 Å². The second kappa shape index (κ2) is 5.94. The molecule has 0 spiro atoms. The third-order valence-corrected chi connectivity index (χ3v) is 3.55. The summed E-state index contributed by atoms with van der Waals surface area (Å²) in [6.07, 6.45) is -2.98. The number of nitrogens with zero attached hydrogens (tertiary/aromatic N) is 3. The van der Waals surface area contributed by atoms with Gasteiger partial charge in [-0.3, -0.25) is 9.48 Å². The number of hydrogen-bond acceptors (Lipinski definition) is 3. The Hall–Kier alpha value is -2.51. The molecule has 0 atom stereocenters. The molecule has 0 unspecified atom stereocenters. The Balaban J connectivity index is 1.80. The van der Waals surface area contributed by atoms with Gasteiger partial charge < -0.3 is 10.2 Å². The molecule has 0 bridgehead atoms. The predicted octanol–water partition coefficient (Wildman–Crippen LogP) is 2.20. The van der Waals surface area contributed by atoms with Crippen LogP contribution in [0.1, 0.15) is 16.1 Å². The fourth-order valence-corrected chi connectivity index (χ4v) is 2.58. The van der Waals surface area contributed by atoms with Gasteiger partial charge in [-0.1, -0.05) is 12.1 Å². The highest BCUT2D eigenvalue weighted by atomic mass is 19.4. The van der Waals surface area contributed by atoms with E-state index in [2.05, 4.69) is 10.4 Å². The topological polar surface area (TPSA) is 50.2 Å². The van der Waals surface area contributed by atoms with Crippen LogP contribution in [0.3, 0.4) is 0 Å². The molecule has 5 nitrogen and oxygen atoms in total. The molecule has 23 heavy (non-hydrogen) atoms. The fraction of sp³-hybridized carbons (Fsp3) is 0.333. The first-order valence-corrected chi connectivity index (χ1v) is 7.14. The summed E-state index contributed by atoms with van der Waals surface area (Å²) in [6, 6.07) is 8.72. The lowest BCUT2D eigenvalue weighted by Crippen LogP contribution is -2.30. The predicted molar refractivity (Wildman–Crippen MR) is 78.1 cm³/mol. The van der Waals surface area contributed by atoms with E-state index in [0.717, 1.165) is 10.4 Å². The van der Waals surface area contributed by atoms with Gasteiger partial charge in [0.15, 0.2) is 0 Å². The molecule has 2 aromatic rings. The molecule has 0 fully saturated rings. The standard InChI is InChI=1S/C15H15F3N4O/c16-15(17,18)10-22-7-5-11(20-22)9-21-8-6-19-14(23)12-3-1-2-4-13(12)21/h1-5,7H,6,8-10H2,(H,19,23). The van der Waals surface area contributed by atoms with E-state index in [1.54, 1.807) is 18.2 Å². The molecule has 1 N–H and O–H groups in total. The monoisotopic (exact) mass is 324 g/mol. The number of benzene rings is 1. The molecule has 1 aromatic carbocycles. The number of nitrogens with one attached hydrogen (secondary N) is 1. The van der Waals surface area contributed by atoms with Gasteiger partial charge in [0.2, 0.25) is 0 Å². The van der Waals surface area contributed by atoms with Crippen molar-refractivity contribution in [1.82, 2.24) is 15.1 Å². The van der Waals surface area contributed by atoms with Crippen molar-refractivity contribution in [2.75, 3.05) is 18.0 Å². The summed E-state index contributed by atoms with van der Waals surface area (Å²) >= 11 is 0.